The predicted molar refractivity (Wildman–Crippen MR) is 80.4 cm³/mol. The molecular weight excluding hydrogens is 343 g/mol. The quantitative estimate of drug-likeness (QED) is 0.577. The van der Waals surface area contributed by atoms with Crippen molar-refractivity contribution in [3.05, 3.63) is 65.9 Å². The van der Waals surface area contributed by atoms with Crippen molar-refractivity contribution in [1.82, 2.24) is 19.7 Å². The molecule has 0 unspecified atom stereocenters. The molecule has 0 saturated heterocycles. The first-order valence-corrected chi connectivity index (χ1v) is 6.81. The van der Waals surface area contributed by atoms with E-state index in [0.29, 0.717) is 18.0 Å². The molecule has 0 bridgehead atoms. The Morgan fingerprint density at radius 1 is 1.12 bits per heavy atom. The van der Waals surface area contributed by atoms with E-state index >= 15 is 0 Å². The third kappa shape index (κ3) is 3.93. The monoisotopic (exact) mass is 352 g/mol. The number of carboxylic acid groups (broad SMARTS) is 1. The van der Waals surface area contributed by atoms with E-state index < -0.39 is 34.8 Å². The number of carboxylic acids is 1. The topological polar surface area (TPSA) is 110 Å². The molecule has 0 aliphatic carbocycles. The molecule has 0 spiro atoms. The molecule has 3 rings (SSSR count). The summed E-state index contributed by atoms with van der Waals surface area (Å²) in [5.41, 5.74) is -1.11. The summed E-state index contributed by atoms with van der Waals surface area (Å²) in [5.74, 6) is -4.55. The summed E-state index contributed by atoms with van der Waals surface area (Å²) in [4.78, 5) is 27.1. The van der Waals surface area contributed by atoms with Gasteiger partial charge in [0.2, 0.25) is 0 Å². The molecule has 0 atom stereocenters. The van der Waals surface area contributed by atoms with E-state index in [4.69, 9.17) is 5.11 Å². The molecule has 0 aliphatic heterocycles. The average Bonchev–Trinajstić information content (AvgIpc) is 3.12. The number of hydrogen-bond donors (Lipinski definition) is 2. The molecule has 2 N–H and O–H groups in total. The molecule has 2 heterocycles. The maximum absolute atomic E-state index is 13.3. The minimum atomic E-state index is -1.52. The first kappa shape index (κ1) is 19.2. The van der Waals surface area contributed by atoms with Crippen molar-refractivity contribution in [3.63, 3.8) is 0 Å². The Kier molecular flexibility index (Phi) is 5.81. The summed E-state index contributed by atoms with van der Waals surface area (Å²) in [6.07, 6.45) is 4.66. The number of rotatable bonds is 4. The van der Waals surface area contributed by atoms with E-state index in [1.54, 1.807) is 17.0 Å². The van der Waals surface area contributed by atoms with Gasteiger partial charge in [0.25, 0.3) is 5.91 Å². The summed E-state index contributed by atoms with van der Waals surface area (Å²) < 4.78 is 28.1. The minimum Gasteiger partial charge on any atom is -0.478 e. The van der Waals surface area contributed by atoms with Crippen LogP contribution in [-0.2, 0) is 0 Å². The number of benzene rings is 1. The standard InChI is InChI=1S/C15H9F2N5O3.Li/c16-9-5-8(15(24)25)12(6-10(9)17)19-14(23)11-1-2-13(21-20-11)22-4-3-18-7-22;/h1-7H,(H,19,23)(H,24,25);/q;+1. The summed E-state index contributed by atoms with van der Waals surface area (Å²) in [5, 5.41) is 18.8. The van der Waals surface area contributed by atoms with E-state index in [1.165, 1.54) is 18.5 Å². The summed E-state index contributed by atoms with van der Waals surface area (Å²) in [7, 11) is 0. The van der Waals surface area contributed by atoms with Gasteiger partial charge in [0.15, 0.2) is 23.1 Å². The number of aromatic carboxylic acids is 1. The summed E-state index contributed by atoms with van der Waals surface area (Å²) >= 11 is 0. The Morgan fingerprint density at radius 3 is 2.42 bits per heavy atom. The third-order valence-corrected chi connectivity index (χ3v) is 3.19. The van der Waals surface area contributed by atoms with Crippen molar-refractivity contribution in [3.8, 4) is 5.82 Å². The van der Waals surface area contributed by atoms with E-state index in [9.17, 15) is 18.4 Å². The van der Waals surface area contributed by atoms with Crippen LogP contribution < -0.4 is 24.2 Å². The van der Waals surface area contributed by atoms with Crippen molar-refractivity contribution in [2.45, 2.75) is 0 Å². The van der Waals surface area contributed by atoms with Gasteiger partial charge in [0.05, 0.1) is 11.3 Å². The number of imidazole rings is 1. The van der Waals surface area contributed by atoms with Crippen LogP contribution in [0.1, 0.15) is 20.8 Å². The van der Waals surface area contributed by atoms with Crippen molar-refractivity contribution < 1.29 is 42.3 Å². The second-order valence-corrected chi connectivity index (χ2v) is 4.82. The second-order valence-electron chi connectivity index (χ2n) is 4.82. The van der Waals surface area contributed by atoms with Crippen LogP contribution in [0.4, 0.5) is 14.5 Å². The van der Waals surface area contributed by atoms with E-state index in [-0.39, 0.29) is 24.6 Å². The van der Waals surface area contributed by atoms with Gasteiger partial charge >= 0.3 is 24.8 Å². The molecule has 11 heteroatoms. The zero-order valence-electron chi connectivity index (χ0n) is 13.3. The predicted octanol–water partition coefficient (Wildman–Crippen LogP) is -1.10. The number of hydrogen-bond acceptors (Lipinski definition) is 5. The number of carbonyl (C=O) groups excluding carboxylic acids is 1. The number of amides is 1. The van der Waals surface area contributed by atoms with Gasteiger partial charge in [-0.25, -0.2) is 18.6 Å². The van der Waals surface area contributed by atoms with Crippen LogP contribution in [0.3, 0.4) is 0 Å². The van der Waals surface area contributed by atoms with Gasteiger partial charge in [0.1, 0.15) is 6.33 Å². The fraction of sp³-hybridized carbons (Fsp3) is 0. The largest absolute Gasteiger partial charge is 1.00 e. The molecular formula is C15H9F2LiN5O3+. The van der Waals surface area contributed by atoms with Crippen LogP contribution in [0, 0.1) is 11.6 Å². The second kappa shape index (κ2) is 7.86. The Labute approximate surface area is 157 Å². The van der Waals surface area contributed by atoms with Crippen LogP contribution in [0.25, 0.3) is 5.82 Å². The molecule has 0 aliphatic rings. The molecule has 0 fully saturated rings. The van der Waals surface area contributed by atoms with Gasteiger partial charge in [0, 0.05) is 18.5 Å². The van der Waals surface area contributed by atoms with Crippen LogP contribution >= 0.6 is 0 Å². The van der Waals surface area contributed by atoms with Crippen LogP contribution in [0.2, 0.25) is 0 Å². The maximum atomic E-state index is 13.3. The van der Waals surface area contributed by atoms with Gasteiger partial charge in [-0.3, -0.25) is 9.36 Å². The number of nitrogens with zero attached hydrogens (tertiary/aromatic N) is 4. The van der Waals surface area contributed by atoms with Crippen LogP contribution in [0.15, 0.2) is 43.0 Å². The van der Waals surface area contributed by atoms with Crippen molar-refractivity contribution in [1.29, 1.82) is 0 Å². The van der Waals surface area contributed by atoms with Gasteiger partial charge < -0.3 is 10.4 Å². The summed E-state index contributed by atoms with van der Waals surface area (Å²) in [6.45, 7) is 0. The van der Waals surface area contributed by atoms with E-state index in [0.717, 1.165) is 0 Å². The number of carbonyl (C=O) groups is 2. The number of aromatic nitrogens is 4. The fourth-order valence-corrected chi connectivity index (χ4v) is 1.99. The number of anilines is 1. The fourth-order valence-electron chi connectivity index (χ4n) is 1.99. The van der Waals surface area contributed by atoms with Crippen LogP contribution in [0.5, 0.6) is 0 Å². The number of halogens is 2. The molecule has 1 amide bonds. The molecule has 26 heavy (non-hydrogen) atoms. The summed E-state index contributed by atoms with van der Waals surface area (Å²) in [6, 6.07) is 3.91. The van der Waals surface area contributed by atoms with Crippen molar-refractivity contribution >= 4 is 17.6 Å². The Balaban J connectivity index is 0.00000243. The van der Waals surface area contributed by atoms with Crippen molar-refractivity contribution in [2.24, 2.45) is 0 Å². The van der Waals surface area contributed by atoms with Gasteiger partial charge in [-0.05, 0) is 18.2 Å². The molecule has 3 aromatic rings. The van der Waals surface area contributed by atoms with Crippen molar-refractivity contribution in [2.75, 3.05) is 5.32 Å². The Morgan fingerprint density at radius 2 is 1.85 bits per heavy atom. The third-order valence-electron chi connectivity index (χ3n) is 3.19. The SMILES string of the molecule is O=C(Nc1cc(F)c(F)cc1C(=O)O)c1ccc(-n2ccnc2)nn1.[Li+]. The molecule has 1 aromatic carbocycles. The molecule has 8 nitrogen and oxygen atoms in total. The van der Waals surface area contributed by atoms with Gasteiger partial charge in [-0.1, -0.05) is 0 Å². The zero-order chi connectivity index (χ0) is 18.0. The zero-order valence-corrected chi connectivity index (χ0v) is 13.3. The van der Waals surface area contributed by atoms with E-state index in [2.05, 4.69) is 20.5 Å². The molecule has 126 valence electrons. The van der Waals surface area contributed by atoms with Gasteiger partial charge in [-0.15, -0.1) is 10.2 Å². The molecule has 0 saturated carbocycles. The first-order valence-electron chi connectivity index (χ1n) is 6.81. The Bertz CT molecular complexity index is 949. The molecule has 2 aromatic heterocycles. The maximum Gasteiger partial charge on any atom is 1.00 e. The average molecular weight is 352 g/mol. The number of nitrogens with one attached hydrogen (secondary N) is 1. The first-order chi connectivity index (χ1) is 12.0. The smallest absolute Gasteiger partial charge is 0.478 e. The molecule has 0 radical (unpaired) electrons. The van der Waals surface area contributed by atoms with Gasteiger partial charge in [-0.2, -0.15) is 0 Å². The van der Waals surface area contributed by atoms with E-state index in [1.807, 2.05) is 0 Å². The normalized spacial score (nSPS) is 10.1. The Hall–Kier alpha value is -3.09. The van der Waals surface area contributed by atoms with Crippen LogP contribution in [-0.4, -0.2) is 36.7 Å². The minimum absolute atomic E-state index is 0.